The molecule has 3 aromatic heterocycles. The quantitative estimate of drug-likeness (QED) is 0.422. The van der Waals surface area contributed by atoms with Gasteiger partial charge in [-0.25, -0.2) is 4.68 Å². The monoisotopic (exact) mass is 454 g/mol. The van der Waals surface area contributed by atoms with E-state index in [1.165, 1.54) is 21.8 Å². The molecule has 2 N–H and O–H groups in total. The Morgan fingerprint density at radius 2 is 2.06 bits per heavy atom. The molecule has 0 radical (unpaired) electrons. The molecule has 0 aliphatic rings. The maximum absolute atomic E-state index is 12.6. The van der Waals surface area contributed by atoms with E-state index in [2.05, 4.69) is 20.8 Å². The number of rotatable bonds is 8. The highest BCUT2D eigenvalue weighted by molar-refractivity contribution is 6.30. The molecule has 0 fully saturated rings. The number of carbonyl (C=O) groups is 2. The van der Waals surface area contributed by atoms with Crippen molar-refractivity contribution in [2.24, 2.45) is 7.05 Å². The molecule has 11 heteroatoms. The van der Waals surface area contributed by atoms with Gasteiger partial charge in [-0.2, -0.15) is 10.2 Å². The van der Waals surface area contributed by atoms with Crippen LogP contribution in [0.25, 0.3) is 0 Å². The van der Waals surface area contributed by atoms with Crippen molar-refractivity contribution in [3.63, 3.8) is 0 Å². The van der Waals surface area contributed by atoms with E-state index in [9.17, 15) is 9.59 Å². The smallest absolute Gasteiger partial charge is 0.276 e. The van der Waals surface area contributed by atoms with Crippen molar-refractivity contribution in [2.45, 2.75) is 13.3 Å². The Morgan fingerprint density at radius 1 is 1.19 bits per heavy atom. The summed E-state index contributed by atoms with van der Waals surface area (Å²) >= 11 is 5.94. The van der Waals surface area contributed by atoms with E-state index in [1.54, 1.807) is 55.7 Å². The lowest BCUT2D eigenvalue weighted by molar-refractivity contribution is 0.0939. The summed E-state index contributed by atoms with van der Waals surface area (Å²) in [5, 5.41) is 14.2. The Hall–Kier alpha value is -4.05. The molecule has 0 saturated carbocycles. The van der Waals surface area contributed by atoms with Crippen molar-refractivity contribution in [2.75, 3.05) is 5.32 Å². The van der Waals surface area contributed by atoms with Crippen molar-refractivity contribution in [1.29, 1.82) is 0 Å². The molecule has 1 aromatic carbocycles. The zero-order chi connectivity index (χ0) is 22.5. The maximum atomic E-state index is 12.6. The summed E-state index contributed by atoms with van der Waals surface area (Å²) < 4.78 is 13.7. The third-order valence-electron chi connectivity index (χ3n) is 4.44. The summed E-state index contributed by atoms with van der Waals surface area (Å²) in [6.45, 7) is 0.308. The number of aromatic nitrogens is 4. The molecule has 0 saturated heterocycles. The lowest BCUT2D eigenvalue weighted by Crippen LogP contribution is -2.26. The highest BCUT2D eigenvalue weighted by Crippen LogP contribution is 2.18. The van der Waals surface area contributed by atoms with Gasteiger partial charge in [-0.05, 0) is 36.4 Å². The Labute approximate surface area is 187 Å². The van der Waals surface area contributed by atoms with Gasteiger partial charge < -0.3 is 19.8 Å². The van der Waals surface area contributed by atoms with Crippen LogP contribution in [-0.2, 0) is 20.3 Å². The molecule has 0 atom stereocenters. The van der Waals surface area contributed by atoms with E-state index < -0.39 is 11.8 Å². The molecule has 2 amide bonds. The van der Waals surface area contributed by atoms with Crippen LogP contribution in [0, 0.1) is 0 Å². The number of aryl methyl sites for hydroxylation is 1. The van der Waals surface area contributed by atoms with Gasteiger partial charge in [0.15, 0.2) is 12.4 Å². The van der Waals surface area contributed by atoms with E-state index in [0.29, 0.717) is 16.5 Å². The molecule has 4 rings (SSSR count). The predicted molar refractivity (Wildman–Crippen MR) is 115 cm³/mol. The van der Waals surface area contributed by atoms with Crippen molar-refractivity contribution in [3.05, 3.63) is 83.3 Å². The lowest BCUT2D eigenvalue weighted by Gasteiger charge is -2.08. The average molecular weight is 455 g/mol. The predicted octanol–water partition coefficient (Wildman–Crippen LogP) is 3.08. The van der Waals surface area contributed by atoms with E-state index >= 15 is 0 Å². The molecular formula is C21H19ClN6O4. The number of amides is 2. The summed E-state index contributed by atoms with van der Waals surface area (Å²) in [6, 6.07) is 12.0. The number of halogens is 1. The van der Waals surface area contributed by atoms with Gasteiger partial charge in [0.1, 0.15) is 17.2 Å². The maximum Gasteiger partial charge on any atom is 0.276 e. The summed E-state index contributed by atoms with van der Waals surface area (Å²) in [4.78, 5) is 25.2. The van der Waals surface area contributed by atoms with Crippen molar-refractivity contribution in [3.8, 4) is 5.75 Å². The molecule has 0 bridgehead atoms. The van der Waals surface area contributed by atoms with Gasteiger partial charge in [0.05, 0.1) is 24.7 Å². The lowest BCUT2D eigenvalue weighted by atomic mass is 10.3. The van der Waals surface area contributed by atoms with Crippen LogP contribution in [0.15, 0.2) is 65.5 Å². The van der Waals surface area contributed by atoms with Gasteiger partial charge in [0, 0.05) is 18.3 Å². The number of ether oxygens (including phenoxy) is 1. The standard InChI is InChI=1S/C21H19ClN6O4/c1-27-19(21(30)23-11-16-6-3-9-31-16)18(12-24-27)25-20(29)17-7-8-28(26-17)13-32-15-5-2-4-14(22)10-15/h2-10,12H,11,13H2,1H3,(H,23,30)(H,25,29). The van der Waals surface area contributed by atoms with Crippen LogP contribution in [0.5, 0.6) is 5.75 Å². The van der Waals surface area contributed by atoms with Crippen LogP contribution >= 0.6 is 11.6 Å². The van der Waals surface area contributed by atoms with Gasteiger partial charge in [0.25, 0.3) is 11.8 Å². The first-order valence-corrected chi connectivity index (χ1v) is 9.93. The molecule has 0 aliphatic carbocycles. The molecular weight excluding hydrogens is 436 g/mol. The Kier molecular flexibility index (Phi) is 6.22. The fourth-order valence-corrected chi connectivity index (χ4v) is 3.08. The summed E-state index contributed by atoms with van der Waals surface area (Å²) in [5.41, 5.74) is 0.623. The second-order valence-corrected chi connectivity index (χ2v) is 7.15. The molecule has 10 nitrogen and oxygen atoms in total. The van der Waals surface area contributed by atoms with E-state index in [1.807, 2.05) is 0 Å². The van der Waals surface area contributed by atoms with Crippen molar-refractivity contribution in [1.82, 2.24) is 24.9 Å². The van der Waals surface area contributed by atoms with Gasteiger partial charge >= 0.3 is 0 Å². The molecule has 4 aromatic rings. The number of anilines is 1. The second kappa shape index (κ2) is 9.40. The van der Waals surface area contributed by atoms with Crippen LogP contribution in [0.1, 0.15) is 26.7 Å². The fourth-order valence-electron chi connectivity index (χ4n) is 2.90. The van der Waals surface area contributed by atoms with Crippen molar-refractivity contribution < 1.29 is 18.7 Å². The van der Waals surface area contributed by atoms with Gasteiger partial charge in [-0.3, -0.25) is 14.3 Å². The van der Waals surface area contributed by atoms with Crippen LogP contribution in [-0.4, -0.2) is 31.4 Å². The molecule has 0 aliphatic heterocycles. The minimum atomic E-state index is -0.486. The highest BCUT2D eigenvalue weighted by Gasteiger charge is 2.20. The van der Waals surface area contributed by atoms with Crippen molar-refractivity contribution >= 4 is 29.1 Å². The number of hydrogen-bond acceptors (Lipinski definition) is 6. The largest absolute Gasteiger partial charge is 0.471 e. The summed E-state index contributed by atoms with van der Waals surface area (Å²) in [5.74, 6) is 0.299. The number of nitrogens with one attached hydrogen (secondary N) is 2. The van der Waals surface area contributed by atoms with Crippen LogP contribution in [0.2, 0.25) is 5.02 Å². The fraction of sp³-hybridized carbons (Fsp3) is 0.143. The Morgan fingerprint density at radius 3 is 2.84 bits per heavy atom. The second-order valence-electron chi connectivity index (χ2n) is 6.72. The van der Waals surface area contributed by atoms with E-state index in [4.69, 9.17) is 20.8 Å². The molecule has 164 valence electrons. The zero-order valence-corrected chi connectivity index (χ0v) is 17.7. The normalized spacial score (nSPS) is 10.7. The molecule has 0 unspecified atom stereocenters. The van der Waals surface area contributed by atoms with E-state index in [0.717, 1.165) is 0 Å². The molecule has 0 spiro atoms. The van der Waals surface area contributed by atoms with Crippen LogP contribution in [0.3, 0.4) is 0 Å². The highest BCUT2D eigenvalue weighted by atomic mass is 35.5. The van der Waals surface area contributed by atoms with E-state index in [-0.39, 0.29) is 30.4 Å². The Bertz CT molecular complexity index is 1230. The van der Waals surface area contributed by atoms with Gasteiger partial charge in [-0.15, -0.1) is 0 Å². The number of hydrogen-bond donors (Lipinski definition) is 2. The Balaban J connectivity index is 1.38. The number of benzene rings is 1. The van der Waals surface area contributed by atoms with Crippen LogP contribution < -0.4 is 15.4 Å². The molecule has 32 heavy (non-hydrogen) atoms. The number of furan rings is 1. The van der Waals surface area contributed by atoms with Crippen LogP contribution in [0.4, 0.5) is 5.69 Å². The zero-order valence-electron chi connectivity index (χ0n) is 17.0. The average Bonchev–Trinajstić information content (AvgIpc) is 3.52. The molecule has 3 heterocycles. The topological polar surface area (TPSA) is 116 Å². The van der Waals surface area contributed by atoms with Gasteiger partial charge in [-0.1, -0.05) is 17.7 Å². The number of carbonyl (C=O) groups excluding carboxylic acids is 2. The SMILES string of the molecule is Cn1ncc(NC(=O)c2ccn(COc3cccc(Cl)c3)n2)c1C(=O)NCc1ccco1. The summed E-state index contributed by atoms with van der Waals surface area (Å²) in [6.07, 6.45) is 4.54. The first kappa shape index (κ1) is 21.2. The van der Waals surface area contributed by atoms with Gasteiger partial charge in [0.2, 0.25) is 0 Å². The first-order chi connectivity index (χ1) is 15.5. The first-order valence-electron chi connectivity index (χ1n) is 9.55. The third-order valence-corrected chi connectivity index (χ3v) is 4.67. The third kappa shape index (κ3) is 4.98. The summed E-state index contributed by atoms with van der Waals surface area (Å²) in [7, 11) is 1.61. The minimum absolute atomic E-state index is 0.0982. The number of nitrogens with zero attached hydrogens (tertiary/aromatic N) is 4. The minimum Gasteiger partial charge on any atom is -0.471 e.